The number of nitrogens with zero attached hydrogens (tertiary/aromatic N) is 4. The summed E-state index contributed by atoms with van der Waals surface area (Å²) in [6.07, 6.45) is 4.68. The van der Waals surface area contributed by atoms with Crippen LogP contribution in [0.4, 0.5) is 0 Å². The predicted octanol–water partition coefficient (Wildman–Crippen LogP) is 1.29. The molecule has 9 heteroatoms. The molecule has 3 heterocycles. The van der Waals surface area contributed by atoms with Crippen molar-refractivity contribution in [3.05, 3.63) is 5.82 Å². The summed E-state index contributed by atoms with van der Waals surface area (Å²) in [5, 5.41) is 9.11. The van der Waals surface area contributed by atoms with Gasteiger partial charge in [-0.25, -0.2) is 8.42 Å². The van der Waals surface area contributed by atoms with E-state index in [0.717, 1.165) is 25.2 Å². The van der Waals surface area contributed by atoms with E-state index < -0.39 is 9.84 Å². The number of carbonyl (C=O) groups is 1. The van der Waals surface area contributed by atoms with E-state index in [1.165, 1.54) is 18.2 Å². The first-order chi connectivity index (χ1) is 11.9. The number of aromatic nitrogens is 3. The minimum Gasteiger partial charge on any atom is -0.339 e. The number of hydrogen-bond acceptors (Lipinski definition) is 6. The fourth-order valence-electron chi connectivity index (χ4n) is 3.62. The molecular formula is C16H26N4O3S2. The Labute approximate surface area is 153 Å². The first-order valence-corrected chi connectivity index (χ1v) is 11.7. The minimum absolute atomic E-state index is 0.126. The minimum atomic E-state index is -2.87. The molecule has 0 saturated carbocycles. The third-order valence-corrected chi connectivity index (χ3v) is 8.01. The highest BCUT2D eigenvalue weighted by Gasteiger charge is 2.29. The fourth-order valence-corrected chi connectivity index (χ4v) is 6.30. The van der Waals surface area contributed by atoms with Crippen molar-refractivity contribution >= 4 is 27.5 Å². The molecule has 2 aliphatic rings. The normalized spacial score (nSPS) is 26.1. The van der Waals surface area contributed by atoms with Crippen LogP contribution in [0.25, 0.3) is 0 Å². The van der Waals surface area contributed by atoms with Crippen LogP contribution in [0.3, 0.4) is 0 Å². The summed E-state index contributed by atoms with van der Waals surface area (Å²) in [4.78, 5) is 14.4. The number of rotatable bonds is 5. The van der Waals surface area contributed by atoms with E-state index in [2.05, 4.69) is 17.1 Å². The zero-order chi connectivity index (χ0) is 18.0. The van der Waals surface area contributed by atoms with Crippen molar-refractivity contribution in [2.75, 3.05) is 23.8 Å². The average molecular weight is 387 g/mol. The van der Waals surface area contributed by atoms with E-state index in [0.29, 0.717) is 29.8 Å². The van der Waals surface area contributed by atoms with Crippen molar-refractivity contribution in [1.82, 2.24) is 19.7 Å². The fraction of sp³-hybridized carbons (Fsp3) is 0.812. The molecule has 0 spiro atoms. The molecule has 0 bridgehead atoms. The molecule has 0 aromatic carbocycles. The van der Waals surface area contributed by atoms with Crippen LogP contribution >= 0.6 is 11.8 Å². The maximum absolute atomic E-state index is 12.4. The van der Waals surface area contributed by atoms with E-state index in [1.807, 2.05) is 16.5 Å². The molecule has 1 aromatic heterocycles. The van der Waals surface area contributed by atoms with Gasteiger partial charge in [-0.2, -0.15) is 0 Å². The lowest BCUT2D eigenvalue weighted by Gasteiger charge is -2.33. The molecule has 140 valence electrons. The molecule has 0 unspecified atom stereocenters. The summed E-state index contributed by atoms with van der Waals surface area (Å²) >= 11 is 1.41. The summed E-state index contributed by atoms with van der Waals surface area (Å²) in [7, 11) is -0.990. The van der Waals surface area contributed by atoms with Gasteiger partial charge in [-0.05, 0) is 38.5 Å². The maximum Gasteiger partial charge on any atom is 0.233 e. The number of sulfone groups is 1. The number of piperidine rings is 1. The summed E-state index contributed by atoms with van der Waals surface area (Å²) in [5.41, 5.74) is 0. The Kier molecular flexibility index (Phi) is 5.72. The van der Waals surface area contributed by atoms with Crippen LogP contribution in [0.5, 0.6) is 0 Å². The average Bonchev–Trinajstić information content (AvgIpc) is 3.08. The highest BCUT2D eigenvalue weighted by Crippen LogP contribution is 2.24. The van der Waals surface area contributed by atoms with E-state index in [9.17, 15) is 13.2 Å². The standard InChI is InChI=1S/C16H26N4O3S2/c1-12-5-3-4-7-20(12)15(21)10-24-16-18-17-14(19(16)2)9-13-6-8-25(22,23)11-13/h12-13H,3-11H2,1-2H3/t12-,13-/m1/s1. The zero-order valence-electron chi connectivity index (χ0n) is 14.8. The third-order valence-electron chi connectivity index (χ3n) is 5.17. The molecule has 2 atom stereocenters. The van der Waals surface area contributed by atoms with Crippen LogP contribution in [-0.2, 0) is 28.1 Å². The Hall–Kier alpha value is -1.09. The molecule has 2 saturated heterocycles. The molecule has 1 aromatic rings. The number of carbonyl (C=O) groups excluding carboxylic acids is 1. The summed E-state index contributed by atoms with van der Waals surface area (Å²) < 4.78 is 25.1. The first kappa shape index (κ1) is 18.7. The van der Waals surface area contributed by atoms with E-state index >= 15 is 0 Å². The summed E-state index contributed by atoms with van der Waals surface area (Å²) in [6.45, 7) is 2.96. The van der Waals surface area contributed by atoms with E-state index in [-0.39, 0.29) is 23.3 Å². The summed E-state index contributed by atoms with van der Waals surface area (Å²) in [6, 6.07) is 0.321. The van der Waals surface area contributed by atoms with Gasteiger partial charge in [0, 0.05) is 26.1 Å². The quantitative estimate of drug-likeness (QED) is 0.709. The Morgan fingerprint density at radius 1 is 1.28 bits per heavy atom. The maximum atomic E-state index is 12.4. The topological polar surface area (TPSA) is 85.2 Å². The van der Waals surface area contributed by atoms with E-state index in [1.54, 1.807) is 0 Å². The smallest absolute Gasteiger partial charge is 0.233 e. The number of amides is 1. The van der Waals surface area contributed by atoms with Crippen LogP contribution in [0.1, 0.15) is 38.4 Å². The van der Waals surface area contributed by atoms with Gasteiger partial charge in [-0.1, -0.05) is 11.8 Å². The second-order valence-corrected chi connectivity index (χ2v) is 10.3. The van der Waals surface area contributed by atoms with Gasteiger partial charge in [0.2, 0.25) is 5.91 Å². The highest BCUT2D eigenvalue weighted by molar-refractivity contribution is 7.99. The molecular weight excluding hydrogens is 360 g/mol. The molecule has 3 rings (SSSR count). The molecule has 0 aliphatic carbocycles. The molecule has 2 fully saturated rings. The SMILES string of the molecule is C[C@@H]1CCCCN1C(=O)CSc1nnc(C[C@H]2CCS(=O)(=O)C2)n1C. The lowest BCUT2D eigenvalue weighted by molar-refractivity contribution is -0.131. The number of thioether (sulfide) groups is 1. The Morgan fingerprint density at radius 2 is 2.08 bits per heavy atom. The van der Waals surface area contributed by atoms with Crippen LogP contribution in [0.15, 0.2) is 5.16 Å². The van der Waals surface area contributed by atoms with Crippen molar-refractivity contribution in [3.63, 3.8) is 0 Å². The lowest BCUT2D eigenvalue weighted by Crippen LogP contribution is -2.42. The van der Waals surface area contributed by atoms with E-state index in [4.69, 9.17) is 0 Å². The molecule has 0 N–H and O–H groups in total. The van der Waals surface area contributed by atoms with Crippen LogP contribution < -0.4 is 0 Å². The van der Waals surface area contributed by atoms with Gasteiger partial charge in [0.05, 0.1) is 17.3 Å². The molecule has 2 aliphatic heterocycles. The molecule has 1 amide bonds. The van der Waals surface area contributed by atoms with Crippen LogP contribution in [-0.4, -0.2) is 63.8 Å². The molecule has 25 heavy (non-hydrogen) atoms. The monoisotopic (exact) mass is 386 g/mol. The van der Waals surface area contributed by atoms with Gasteiger partial charge in [0.15, 0.2) is 15.0 Å². The first-order valence-electron chi connectivity index (χ1n) is 8.86. The zero-order valence-corrected chi connectivity index (χ0v) is 16.5. The van der Waals surface area contributed by atoms with Crippen molar-refractivity contribution in [2.45, 2.75) is 50.2 Å². The number of likely N-dealkylation sites (tertiary alicyclic amines) is 1. The summed E-state index contributed by atoms with van der Waals surface area (Å²) in [5.74, 6) is 1.97. The Bertz CT molecular complexity index is 732. The lowest BCUT2D eigenvalue weighted by atomic mass is 10.0. The second-order valence-electron chi connectivity index (χ2n) is 7.15. The predicted molar refractivity (Wildman–Crippen MR) is 97.2 cm³/mol. The van der Waals surface area contributed by atoms with Crippen LogP contribution in [0, 0.1) is 5.92 Å². The Morgan fingerprint density at radius 3 is 2.76 bits per heavy atom. The van der Waals surface area contributed by atoms with Gasteiger partial charge in [-0.15, -0.1) is 10.2 Å². The third kappa shape index (κ3) is 4.55. The van der Waals surface area contributed by atoms with Gasteiger partial charge in [-0.3, -0.25) is 4.79 Å². The van der Waals surface area contributed by atoms with Crippen molar-refractivity contribution in [2.24, 2.45) is 13.0 Å². The van der Waals surface area contributed by atoms with Gasteiger partial charge < -0.3 is 9.47 Å². The largest absolute Gasteiger partial charge is 0.339 e. The second kappa shape index (κ2) is 7.65. The van der Waals surface area contributed by atoms with Gasteiger partial charge in [0.25, 0.3) is 0 Å². The highest BCUT2D eigenvalue weighted by atomic mass is 32.2. The van der Waals surface area contributed by atoms with Gasteiger partial charge >= 0.3 is 0 Å². The van der Waals surface area contributed by atoms with Crippen molar-refractivity contribution < 1.29 is 13.2 Å². The van der Waals surface area contributed by atoms with Gasteiger partial charge in [0.1, 0.15) is 5.82 Å². The van der Waals surface area contributed by atoms with Crippen molar-refractivity contribution in [1.29, 1.82) is 0 Å². The number of hydrogen-bond donors (Lipinski definition) is 0. The van der Waals surface area contributed by atoms with Crippen molar-refractivity contribution in [3.8, 4) is 0 Å². The Balaban J connectivity index is 1.55. The molecule has 0 radical (unpaired) electrons. The van der Waals surface area contributed by atoms with Crippen LogP contribution in [0.2, 0.25) is 0 Å². The molecule has 7 nitrogen and oxygen atoms in total.